The monoisotopic (exact) mass is 540 g/mol. The molecule has 10 heteroatoms. The van der Waals surface area contributed by atoms with Crippen LogP contribution in [0.4, 0.5) is 13.2 Å². The van der Waals surface area contributed by atoms with Crippen LogP contribution in [-0.4, -0.2) is 41.0 Å². The average Bonchev–Trinajstić information content (AvgIpc) is 2.85. The van der Waals surface area contributed by atoms with Crippen molar-refractivity contribution in [2.24, 2.45) is 0 Å². The van der Waals surface area contributed by atoms with Gasteiger partial charge in [-0.2, -0.15) is 0 Å². The van der Waals surface area contributed by atoms with E-state index in [9.17, 15) is 33.0 Å². The second-order valence-electron chi connectivity index (χ2n) is 9.13. The highest BCUT2D eigenvalue weighted by atomic mass is 19.4. The number of allylic oxidation sites excluding steroid dienone is 1. The largest absolute Gasteiger partial charge is 0.573 e. The number of aromatic carboxylic acids is 1. The van der Waals surface area contributed by atoms with Gasteiger partial charge in [0.1, 0.15) is 34.2 Å². The lowest BCUT2D eigenvalue weighted by atomic mass is 9.96. The van der Waals surface area contributed by atoms with E-state index in [0.717, 1.165) is 18.2 Å². The van der Waals surface area contributed by atoms with E-state index < -0.39 is 29.5 Å². The molecule has 0 amide bonds. The maximum atomic E-state index is 13.0. The molecular formula is C29H23F3O7. The van der Waals surface area contributed by atoms with Crippen molar-refractivity contribution in [3.63, 3.8) is 0 Å². The van der Waals surface area contributed by atoms with Crippen LogP contribution in [0.3, 0.4) is 0 Å². The second-order valence-corrected chi connectivity index (χ2v) is 9.13. The molecule has 1 heterocycles. The maximum Gasteiger partial charge on any atom is 0.573 e. The van der Waals surface area contributed by atoms with Gasteiger partial charge in [-0.1, -0.05) is 30.3 Å². The number of alkyl halides is 3. The number of halogens is 3. The van der Waals surface area contributed by atoms with E-state index in [0.29, 0.717) is 22.4 Å². The summed E-state index contributed by atoms with van der Waals surface area (Å²) < 4.78 is 53.0. The zero-order chi connectivity index (χ0) is 28.5. The number of carbonyl (C=O) groups is 2. The van der Waals surface area contributed by atoms with Gasteiger partial charge in [-0.15, -0.1) is 13.2 Å². The van der Waals surface area contributed by atoms with Crippen molar-refractivity contribution < 1.29 is 47.2 Å². The molecule has 4 rings (SSSR count). The third kappa shape index (κ3) is 6.06. The number of carbonyl (C=O) groups excluding carboxylic acids is 1. The summed E-state index contributed by atoms with van der Waals surface area (Å²) in [5.41, 5.74) is 0.379. The molecule has 1 aliphatic rings. The van der Waals surface area contributed by atoms with Crippen molar-refractivity contribution in [3.8, 4) is 34.1 Å². The Bertz CT molecular complexity index is 1500. The van der Waals surface area contributed by atoms with E-state index in [1.54, 1.807) is 24.3 Å². The molecule has 0 atom stereocenters. The summed E-state index contributed by atoms with van der Waals surface area (Å²) >= 11 is 0. The summed E-state index contributed by atoms with van der Waals surface area (Å²) in [5, 5.41) is 20.3. The van der Waals surface area contributed by atoms with Gasteiger partial charge in [0.25, 0.3) is 0 Å². The number of carboxylic acid groups (broad SMARTS) is 1. The minimum absolute atomic E-state index is 0.0259. The van der Waals surface area contributed by atoms with Crippen LogP contribution in [0.2, 0.25) is 0 Å². The number of phenolic OH excluding ortho intramolecular Hbond substituents is 1. The molecule has 0 aromatic heterocycles. The molecule has 39 heavy (non-hydrogen) atoms. The lowest BCUT2D eigenvalue weighted by molar-refractivity contribution is -0.274. The predicted molar refractivity (Wildman–Crippen MR) is 137 cm³/mol. The zero-order valence-corrected chi connectivity index (χ0v) is 21.0. The minimum atomic E-state index is -4.93. The average molecular weight is 540 g/mol. The molecule has 0 radical (unpaired) electrons. The second kappa shape index (κ2) is 10.2. The molecule has 0 fully saturated rings. The molecular weight excluding hydrogens is 517 g/mol. The Morgan fingerprint density at radius 3 is 2.36 bits per heavy atom. The number of hydrogen-bond donors (Lipinski definition) is 2. The van der Waals surface area contributed by atoms with Crippen LogP contribution in [-0.2, 0) is 0 Å². The molecule has 0 aliphatic carbocycles. The summed E-state index contributed by atoms with van der Waals surface area (Å²) in [4.78, 5) is 24.6. The summed E-state index contributed by atoms with van der Waals surface area (Å²) in [6.07, 6.45) is 1.21. The fourth-order valence-electron chi connectivity index (χ4n) is 4.06. The zero-order valence-electron chi connectivity index (χ0n) is 21.0. The molecule has 2 N–H and O–H groups in total. The highest BCUT2D eigenvalue weighted by Gasteiger charge is 2.32. The molecule has 0 spiro atoms. The number of hydrogen-bond acceptors (Lipinski definition) is 6. The van der Waals surface area contributed by atoms with E-state index in [1.807, 2.05) is 13.8 Å². The first-order chi connectivity index (χ1) is 18.3. The Labute approximate surface area is 221 Å². The van der Waals surface area contributed by atoms with Crippen LogP contribution in [0.5, 0.6) is 23.0 Å². The van der Waals surface area contributed by atoms with Gasteiger partial charge >= 0.3 is 12.3 Å². The Kier molecular flexibility index (Phi) is 7.14. The number of carboxylic acids is 1. The lowest BCUT2D eigenvalue weighted by Crippen LogP contribution is -2.27. The fourth-order valence-corrected chi connectivity index (χ4v) is 4.06. The summed E-state index contributed by atoms with van der Waals surface area (Å²) in [6.45, 7) is 3.69. The number of ether oxygens (including phenoxy) is 3. The van der Waals surface area contributed by atoms with Gasteiger partial charge in [0, 0.05) is 6.07 Å². The molecule has 0 bridgehead atoms. The Morgan fingerprint density at radius 2 is 1.74 bits per heavy atom. The maximum absolute atomic E-state index is 13.0. The lowest BCUT2D eigenvalue weighted by Gasteiger charge is -2.29. The first-order valence-electron chi connectivity index (χ1n) is 11.6. The van der Waals surface area contributed by atoms with Gasteiger partial charge in [-0.25, -0.2) is 4.79 Å². The topological polar surface area (TPSA) is 102 Å². The van der Waals surface area contributed by atoms with Crippen LogP contribution in [0.25, 0.3) is 23.3 Å². The van der Waals surface area contributed by atoms with Gasteiger partial charge in [-0.3, -0.25) is 4.79 Å². The number of ketones is 1. The van der Waals surface area contributed by atoms with E-state index in [-0.39, 0.29) is 28.2 Å². The molecule has 202 valence electrons. The van der Waals surface area contributed by atoms with Crippen LogP contribution >= 0.6 is 0 Å². The van der Waals surface area contributed by atoms with Gasteiger partial charge in [0.05, 0.1) is 18.2 Å². The normalized spacial score (nSPS) is 14.0. The Balaban J connectivity index is 1.61. The number of fused-ring (bicyclic) bond motifs is 1. The smallest absolute Gasteiger partial charge is 0.506 e. The van der Waals surface area contributed by atoms with Crippen LogP contribution in [0.15, 0.2) is 60.7 Å². The summed E-state index contributed by atoms with van der Waals surface area (Å²) in [6, 6.07) is 10.6. The highest BCUT2D eigenvalue weighted by molar-refractivity contribution is 6.11. The van der Waals surface area contributed by atoms with Crippen LogP contribution in [0, 0.1) is 0 Å². The molecule has 3 aromatic rings. The molecule has 1 aliphatic heterocycles. The third-order valence-corrected chi connectivity index (χ3v) is 5.86. The third-order valence-electron chi connectivity index (χ3n) is 5.86. The standard InChI is InChI=1S/C29H23F3O7/c1-28(2)13-12-20-23(39-28)15-24(37-3)25(26(20)34)22(33)11-6-16-4-7-17(8-5-16)21-14-18(38-29(30,31)32)9-10-19(21)27(35)36/h4-15,34H,1-3H3,(H,35,36)/b11-6+. The van der Waals surface area contributed by atoms with Gasteiger partial charge in [0.2, 0.25) is 0 Å². The van der Waals surface area contributed by atoms with Crippen LogP contribution < -0.4 is 14.2 Å². The summed E-state index contributed by atoms with van der Waals surface area (Å²) in [7, 11) is 1.37. The van der Waals surface area contributed by atoms with E-state index in [4.69, 9.17) is 9.47 Å². The molecule has 0 saturated heterocycles. The van der Waals surface area contributed by atoms with Crippen molar-refractivity contribution in [1.29, 1.82) is 0 Å². The van der Waals surface area contributed by atoms with Crippen molar-refractivity contribution in [3.05, 3.63) is 82.9 Å². The number of methoxy groups -OCH3 is 1. The fraction of sp³-hybridized carbons (Fsp3) is 0.172. The first-order valence-corrected chi connectivity index (χ1v) is 11.6. The van der Waals surface area contributed by atoms with E-state index in [1.165, 1.54) is 37.5 Å². The SMILES string of the molecule is COc1cc2c(c(O)c1C(=O)/C=C/c1ccc(-c3cc(OC(F)(F)F)ccc3C(=O)O)cc1)C=CC(C)(C)O2. The van der Waals surface area contributed by atoms with Crippen molar-refractivity contribution in [1.82, 2.24) is 0 Å². The molecule has 7 nitrogen and oxygen atoms in total. The minimum Gasteiger partial charge on any atom is -0.506 e. The quantitative estimate of drug-likeness (QED) is 0.253. The van der Waals surface area contributed by atoms with Crippen LogP contribution in [0.1, 0.15) is 45.7 Å². The van der Waals surface area contributed by atoms with Gasteiger partial charge in [-0.05, 0) is 67.0 Å². The summed E-state index contributed by atoms with van der Waals surface area (Å²) in [5.74, 6) is -2.20. The van der Waals surface area contributed by atoms with Gasteiger partial charge < -0.3 is 24.4 Å². The molecule has 0 saturated carbocycles. The predicted octanol–water partition coefficient (Wildman–Crippen LogP) is 6.74. The van der Waals surface area contributed by atoms with Crippen molar-refractivity contribution >= 4 is 23.9 Å². The molecule has 0 unspecified atom stereocenters. The van der Waals surface area contributed by atoms with E-state index >= 15 is 0 Å². The Hall–Kier alpha value is -4.73. The van der Waals surface area contributed by atoms with E-state index in [2.05, 4.69) is 4.74 Å². The highest BCUT2D eigenvalue weighted by Crippen LogP contribution is 2.43. The number of benzene rings is 3. The van der Waals surface area contributed by atoms with Gasteiger partial charge in [0.15, 0.2) is 5.78 Å². The van der Waals surface area contributed by atoms with Crippen molar-refractivity contribution in [2.75, 3.05) is 7.11 Å². The number of rotatable bonds is 7. The number of aromatic hydroxyl groups is 1. The Morgan fingerprint density at radius 1 is 1.05 bits per heavy atom. The van der Waals surface area contributed by atoms with Crippen molar-refractivity contribution in [2.45, 2.75) is 25.8 Å². The number of phenols is 1. The first kappa shape index (κ1) is 27.3. The molecule has 3 aromatic carbocycles.